The van der Waals surface area contributed by atoms with Crippen molar-refractivity contribution in [2.75, 3.05) is 11.1 Å². The number of rotatable bonds is 8. The number of nitrogen functional groups attached to an aromatic ring is 1. The fourth-order valence-electron chi connectivity index (χ4n) is 2.78. The minimum absolute atomic E-state index is 0. The Morgan fingerprint density at radius 1 is 1.06 bits per heavy atom. The number of benzene rings is 2. The molecule has 172 valence electrons. The lowest BCUT2D eigenvalue weighted by Crippen LogP contribution is -2.35. The standard InChI is InChI=1S/C22H19FN4O5.ClH/c23-16-10-14(6-7-17(16)32-15-8-9-25-18(24)11-15)26-19(28)12-20(29)27-21(22(30)31)13-4-2-1-3-5-13;/h1-11,21H,12H2,(H2,24,25)(H,26,28)(H,27,29)(H,30,31);1H/t21-;/m0./s1. The molecule has 0 aliphatic rings. The molecule has 5 N–H and O–H groups in total. The number of nitrogens with one attached hydrogen (secondary N) is 2. The second kappa shape index (κ2) is 11.4. The van der Waals surface area contributed by atoms with Crippen LogP contribution in [0.4, 0.5) is 15.9 Å². The number of anilines is 2. The maximum absolute atomic E-state index is 14.3. The van der Waals surface area contributed by atoms with Crippen LogP contribution in [0.1, 0.15) is 18.0 Å². The number of carboxylic acid groups (broad SMARTS) is 1. The Morgan fingerprint density at radius 2 is 1.79 bits per heavy atom. The summed E-state index contributed by atoms with van der Waals surface area (Å²) in [5.41, 5.74) is 6.01. The number of carboxylic acids is 1. The second-order valence-electron chi connectivity index (χ2n) is 6.64. The Kier molecular flexibility index (Phi) is 8.70. The minimum Gasteiger partial charge on any atom is -0.479 e. The van der Waals surface area contributed by atoms with Gasteiger partial charge >= 0.3 is 5.97 Å². The Balaban J connectivity index is 0.00000385. The van der Waals surface area contributed by atoms with Crippen molar-refractivity contribution in [3.63, 3.8) is 0 Å². The Hall–Kier alpha value is -4.18. The molecule has 2 amide bonds. The van der Waals surface area contributed by atoms with E-state index in [1.165, 1.54) is 30.5 Å². The molecule has 0 unspecified atom stereocenters. The Morgan fingerprint density at radius 3 is 2.42 bits per heavy atom. The van der Waals surface area contributed by atoms with Crippen LogP contribution in [0, 0.1) is 5.82 Å². The lowest BCUT2D eigenvalue weighted by molar-refractivity contribution is -0.142. The number of aliphatic carboxylic acids is 1. The molecule has 0 fully saturated rings. The van der Waals surface area contributed by atoms with E-state index in [0.717, 1.165) is 6.07 Å². The molecule has 0 saturated heterocycles. The van der Waals surface area contributed by atoms with E-state index in [2.05, 4.69) is 15.6 Å². The summed E-state index contributed by atoms with van der Waals surface area (Å²) in [6.45, 7) is 0. The average molecular weight is 475 g/mol. The van der Waals surface area contributed by atoms with Gasteiger partial charge in [-0.2, -0.15) is 0 Å². The van der Waals surface area contributed by atoms with Crippen molar-refractivity contribution in [3.05, 3.63) is 78.2 Å². The van der Waals surface area contributed by atoms with E-state index in [-0.39, 0.29) is 35.4 Å². The van der Waals surface area contributed by atoms with Gasteiger partial charge < -0.3 is 26.2 Å². The van der Waals surface area contributed by atoms with Crippen LogP contribution >= 0.6 is 12.4 Å². The van der Waals surface area contributed by atoms with Gasteiger partial charge in [-0.1, -0.05) is 30.3 Å². The third-order valence-corrected chi connectivity index (χ3v) is 4.20. The van der Waals surface area contributed by atoms with E-state index in [4.69, 9.17) is 10.5 Å². The molecule has 3 aromatic rings. The van der Waals surface area contributed by atoms with Crippen molar-refractivity contribution in [2.24, 2.45) is 0 Å². The third kappa shape index (κ3) is 7.18. The van der Waals surface area contributed by atoms with Crippen LogP contribution in [0.3, 0.4) is 0 Å². The molecule has 11 heteroatoms. The topological polar surface area (TPSA) is 144 Å². The second-order valence-corrected chi connectivity index (χ2v) is 6.64. The first kappa shape index (κ1) is 25.1. The molecule has 0 radical (unpaired) electrons. The molecule has 1 atom stereocenters. The molecule has 33 heavy (non-hydrogen) atoms. The lowest BCUT2D eigenvalue weighted by atomic mass is 10.1. The number of nitrogens with two attached hydrogens (primary N) is 1. The maximum Gasteiger partial charge on any atom is 0.330 e. The van der Waals surface area contributed by atoms with E-state index in [1.807, 2.05) is 0 Å². The summed E-state index contributed by atoms with van der Waals surface area (Å²) < 4.78 is 19.7. The van der Waals surface area contributed by atoms with Gasteiger partial charge in [0.2, 0.25) is 11.8 Å². The first-order valence-corrected chi connectivity index (χ1v) is 9.37. The highest BCUT2D eigenvalue weighted by Crippen LogP contribution is 2.27. The molecule has 2 aromatic carbocycles. The van der Waals surface area contributed by atoms with Crippen molar-refractivity contribution >= 4 is 41.7 Å². The zero-order valence-electron chi connectivity index (χ0n) is 17.0. The number of pyridine rings is 1. The number of halogens is 2. The van der Waals surface area contributed by atoms with Crippen molar-refractivity contribution < 1.29 is 28.6 Å². The summed E-state index contributed by atoms with van der Waals surface area (Å²) in [6, 6.07) is 13.4. The maximum atomic E-state index is 14.3. The first-order valence-electron chi connectivity index (χ1n) is 9.37. The van der Waals surface area contributed by atoms with Crippen molar-refractivity contribution in [1.82, 2.24) is 10.3 Å². The fourth-order valence-corrected chi connectivity index (χ4v) is 2.78. The molecule has 3 rings (SSSR count). The van der Waals surface area contributed by atoms with Gasteiger partial charge in [-0.25, -0.2) is 14.2 Å². The highest BCUT2D eigenvalue weighted by atomic mass is 35.5. The Bertz CT molecular complexity index is 1150. The SMILES string of the molecule is Cl.Nc1cc(Oc2ccc(NC(=O)CC(=O)N[C@H](C(=O)O)c3ccccc3)cc2F)ccn1. The molecule has 9 nitrogen and oxygen atoms in total. The number of hydrogen-bond acceptors (Lipinski definition) is 6. The number of carbonyl (C=O) groups is 3. The van der Waals surface area contributed by atoms with E-state index >= 15 is 0 Å². The van der Waals surface area contributed by atoms with Gasteiger partial charge in [0.15, 0.2) is 17.6 Å². The van der Waals surface area contributed by atoms with Crippen LogP contribution in [-0.2, 0) is 14.4 Å². The number of carbonyl (C=O) groups excluding carboxylic acids is 2. The predicted molar refractivity (Wildman–Crippen MR) is 121 cm³/mol. The van der Waals surface area contributed by atoms with Crippen LogP contribution < -0.4 is 21.1 Å². The average Bonchev–Trinajstić information content (AvgIpc) is 2.74. The van der Waals surface area contributed by atoms with Gasteiger partial charge in [-0.15, -0.1) is 12.4 Å². The zero-order valence-corrected chi connectivity index (χ0v) is 17.8. The number of ether oxygens (including phenoxy) is 1. The van der Waals surface area contributed by atoms with Crippen molar-refractivity contribution in [1.29, 1.82) is 0 Å². The smallest absolute Gasteiger partial charge is 0.330 e. The third-order valence-electron chi connectivity index (χ3n) is 4.20. The highest BCUT2D eigenvalue weighted by Gasteiger charge is 2.23. The van der Waals surface area contributed by atoms with Crippen LogP contribution in [0.15, 0.2) is 66.9 Å². The molecule has 0 aliphatic carbocycles. The molecule has 0 spiro atoms. The van der Waals surface area contributed by atoms with Crippen molar-refractivity contribution in [3.8, 4) is 11.5 Å². The van der Waals surface area contributed by atoms with Gasteiger partial charge in [0, 0.05) is 24.0 Å². The van der Waals surface area contributed by atoms with Crippen LogP contribution in [0.2, 0.25) is 0 Å². The number of aromatic nitrogens is 1. The summed E-state index contributed by atoms with van der Waals surface area (Å²) in [7, 11) is 0. The van der Waals surface area contributed by atoms with Crippen molar-refractivity contribution in [2.45, 2.75) is 12.5 Å². The zero-order chi connectivity index (χ0) is 23.1. The molecular weight excluding hydrogens is 455 g/mol. The van der Waals surface area contributed by atoms with Gasteiger partial charge in [0.05, 0.1) is 0 Å². The van der Waals surface area contributed by atoms with Crippen LogP contribution in [-0.4, -0.2) is 27.9 Å². The van der Waals surface area contributed by atoms with Gasteiger partial charge in [0.25, 0.3) is 0 Å². The molecule has 1 aromatic heterocycles. The highest BCUT2D eigenvalue weighted by molar-refractivity contribution is 6.04. The Labute approximate surface area is 194 Å². The van der Waals surface area contributed by atoms with Crippen LogP contribution in [0.25, 0.3) is 0 Å². The molecule has 0 bridgehead atoms. The molecule has 0 aliphatic heterocycles. The molecule has 1 heterocycles. The molecule has 0 saturated carbocycles. The quantitative estimate of drug-likeness (QED) is 0.367. The summed E-state index contributed by atoms with van der Waals surface area (Å²) in [6.07, 6.45) is 0.766. The van der Waals surface area contributed by atoms with Gasteiger partial charge in [-0.05, 0) is 23.8 Å². The van der Waals surface area contributed by atoms with E-state index < -0.39 is 36.1 Å². The van der Waals surface area contributed by atoms with E-state index in [0.29, 0.717) is 5.56 Å². The summed E-state index contributed by atoms with van der Waals surface area (Å²) in [5.74, 6) is -3.16. The summed E-state index contributed by atoms with van der Waals surface area (Å²) in [4.78, 5) is 39.5. The fraction of sp³-hybridized carbons (Fsp3) is 0.0909. The lowest BCUT2D eigenvalue weighted by Gasteiger charge is -2.15. The van der Waals surface area contributed by atoms with Crippen LogP contribution in [0.5, 0.6) is 11.5 Å². The van der Waals surface area contributed by atoms with E-state index in [9.17, 15) is 23.9 Å². The monoisotopic (exact) mass is 474 g/mol. The van der Waals surface area contributed by atoms with E-state index in [1.54, 1.807) is 30.3 Å². The predicted octanol–water partition coefficient (Wildman–Crippen LogP) is 3.29. The molecular formula is C22H20ClFN4O5. The first-order chi connectivity index (χ1) is 15.3. The largest absolute Gasteiger partial charge is 0.479 e. The van der Waals surface area contributed by atoms with Gasteiger partial charge in [0.1, 0.15) is 18.0 Å². The number of hydrogen-bond donors (Lipinski definition) is 4. The summed E-state index contributed by atoms with van der Waals surface area (Å²) >= 11 is 0. The minimum atomic E-state index is -1.30. The number of nitrogens with zero attached hydrogens (tertiary/aromatic N) is 1. The number of amides is 2. The van der Waals surface area contributed by atoms with Gasteiger partial charge in [-0.3, -0.25) is 9.59 Å². The summed E-state index contributed by atoms with van der Waals surface area (Å²) in [5, 5.41) is 14.0. The normalized spacial score (nSPS) is 10.9.